The van der Waals surface area contributed by atoms with Gasteiger partial charge in [-0.1, -0.05) is 6.07 Å². The molecule has 0 aromatic heterocycles. The molecule has 5 N–H and O–H groups in total. The summed E-state index contributed by atoms with van der Waals surface area (Å²) in [6.07, 6.45) is 0. The molecular formula is C14H14FN3O. The van der Waals surface area contributed by atoms with Gasteiger partial charge in [0, 0.05) is 16.9 Å². The van der Waals surface area contributed by atoms with Crippen molar-refractivity contribution in [1.82, 2.24) is 0 Å². The number of primary amides is 1. The Labute approximate surface area is 110 Å². The Morgan fingerprint density at radius 1 is 1.21 bits per heavy atom. The highest BCUT2D eigenvalue weighted by atomic mass is 19.1. The fourth-order valence-corrected chi connectivity index (χ4v) is 1.76. The van der Waals surface area contributed by atoms with Gasteiger partial charge in [0.05, 0.1) is 11.3 Å². The first kappa shape index (κ1) is 12.9. The molecule has 0 bridgehead atoms. The van der Waals surface area contributed by atoms with E-state index in [-0.39, 0.29) is 11.4 Å². The van der Waals surface area contributed by atoms with Crippen molar-refractivity contribution in [3.05, 3.63) is 53.3 Å². The zero-order chi connectivity index (χ0) is 14.0. The first-order valence-electron chi connectivity index (χ1n) is 5.70. The van der Waals surface area contributed by atoms with Gasteiger partial charge < -0.3 is 16.8 Å². The van der Waals surface area contributed by atoms with E-state index in [1.807, 2.05) is 0 Å². The number of nitrogens with one attached hydrogen (secondary N) is 1. The molecule has 1 amide bonds. The fraction of sp³-hybridized carbons (Fsp3) is 0.0714. The van der Waals surface area contributed by atoms with Crippen molar-refractivity contribution in [2.75, 3.05) is 11.1 Å². The Kier molecular flexibility index (Phi) is 3.37. The molecule has 2 aromatic rings. The summed E-state index contributed by atoms with van der Waals surface area (Å²) in [6.45, 7) is 1.65. The molecule has 4 nitrogen and oxygen atoms in total. The van der Waals surface area contributed by atoms with Crippen molar-refractivity contribution in [3.63, 3.8) is 0 Å². The summed E-state index contributed by atoms with van der Waals surface area (Å²) in [6, 6.07) is 9.45. The van der Waals surface area contributed by atoms with Crippen LogP contribution in [0.3, 0.4) is 0 Å². The van der Waals surface area contributed by atoms with E-state index in [1.54, 1.807) is 31.2 Å². The molecule has 5 heteroatoms. The minimum absolute atomic E-state index is 0.267. The Bertz CT molecular complexity index is 641. The van der Waals surface area contributed by atoms with Gasteiger partial charge in [-0.2, -0.15) is 0 Å². The van der Waals surface area contributed by atoms with Crippen molar-refractivity contribution in [1.29, 1.82) is 0 Å². The Hall–Kier alpha value is -2.56. The number of carbonyl (C=O) groups is 1. The van der Waals surface area contributed by atoms with E-state index in [0.717, 1.165) is 0 Å². The second-order valence-electron chi connectivity index (χ2n) is 4.21. The zero-order valence-electron chi connectivity index (χ0n) is 10.4. The summed E-state index contributed by atoms with van der Waals surface area (Å²) in [5.74, 6) is -0.912. The van der Waals surface area contributed by atoms with Crippen LogP contribution in [-0.4, -0.2) is 5.91 Å². The lowest BCUT2D eigenvalue weighted by Crippen LogP contribution is -2.14. The summed E-state index contributed by atoms with van der Waals surface area (Å²) >= 11 is 0. The maximum Gasteiger partial charge on any atom is 0.250 e. The van der Waals surface area contributed by atoms with Gasteiger partial charge in [-0.3, -0.25) is 4.79 Å². The monoisotopic (exact) mass is 259 g/mol. The van der Waals surface area contributed by atoms with Gasteiger partial charge in [-0.05, 0) is 37.3 Å². The number of anilines is 3. The van der Waals surface area contributed by atoms with E-state index in [2.05, 4.69) is 5.32 Å². The van der Waals surface area contributed by atoms with Crippen molar-refractivity contribution < 1.29 is 9.18 Å². The highest BCUT2D eigenvalue weighted by Crippen LogP contribution is 2.26. The number of rotatable bonds is 3. The van der Waals surface area contributed by atoms with E-state index < -0.39 is 5.91 Å². The average molecular weight is 259 g/mol. The number of carbonyl (C=O) groups excluding carboxylic acids is 1. The molecule has 0 saturated heterocycles. The summed E-state index contributed by atoms with van der Waals surface area (Å²) in [7, 11) is 0. The third-order valence-electron chi connectivity index (χ3n) is 2.85. The minimum Gasteiger partial charge on any atom is -0.399 e. The Balaban J connectivity index is 2.44. The largest absolute Gasteiger partial charge is 0.399 e. The SMILES string of the molecule is Cc1c(F)cccc1Nc1ccc(N)cc1C(N)=O. The molecule has 0 atom stereocenters. The summed E-state index contributed by atoms with van der Waals surface area (Å²) in [5, 5.41) is 2.99. The number of benzene rings is 2. The number of nitrogens with two attached hydrogens (primary N) is 2. The maximum atomic E-state index is 13.5. The van der Waals surface area contributed by atoms with Crippen molar-refractivity contribution in [2.45, 2.75) is 6.92 Å². The van der Waals surface area contributed by atoms with E-state index in [0.29, 0.717) is 22.6 Å². The van der Waals surface area contributed by atoms with Gasteiger partial charge in [0.15, 0.2) is 0 Å². The topological polar surface area (TPSA) is 81.1 Å². The standard InChI is InChI=1S/C14H14FN3O/c1-8-11(15)3-2-4-12(8)18-13-6-5-9(16)7-10(13)14(17)19/h2-7,18H,16H2,1H3,(H2,17,19). The van der Waals surface area contributed by atoms with Gasteiger partial charge in [-0.25, -0.2) is 4.39 Å². The van der Waals surface area contributed by atoms with Gasteiger partial charge >= 0.3 is 0 Å². The van der Waals surface area contributed by atoms with Crippen LogP contribution < -0.4 is 16.8 Å². The molecule has 0 spiro atoms. The normalized spacial score (nSPS) is 10.2. The first-order chi connectivity index (χ1) is 8.99. The van der Waals surface area contributed by atoms with E-state index in [4.69, 9.17) is 11.5 Å². The smallest absolute Gasteiger partial charge is 0.250 e. The highest BCUT2D eigenvalue weighted by molar-refractivity contribution is 6.00. The summed E-state index contributed by atoms with van der Waals surface area (Å²) in [4.78, 5) is 11.4. The molecule has 0 aliphatic rings. The summed E-state index contributed by atoms with van der Waals surface area (Å²) < 4.78 is 13.5. The van der Waals surface area contributed by atoms with Crippen LogP contribution in [-0.2, 0) is 0 Å². The number of hydrogen-bond acceptors (Lipinski definition) is 3. The Morgan fingerprint density at radius 2 is 1.95 bits per heavy atom. The average Bonchev–Trinajstić information content (AvgIpc) is 2.36. The van der Waals surface area contributed by atoms with Crippen molar-refractivity contribution >= 4 is 23.0 Å². The van der Waals surface area contributed by atoms with Crippen LogP contribution >= 0.6 is 0 Å². The number of amides is 1. The molecule has 0 heterocycles. The van der Waals surface area contributed by atoms with Crippen LogP contribution in [0.25, 0.3) is 0 Å². The molecule has 0 unspecified atom stereocenters. The van der Waals surface area contributed by atoms with Crippen LogP contribution in [0, 0.1) is 12.7 Å². The molecule has 2 aromatic carbocycles. The van der Waals surface area contributed by atoms with Crippen molar-refractivity contribution in [3.8, 4) is 0 Å². The summed E-state index contributed by atoms with van der Waals surface area (Å²) in [5.41, 5.74) is 13.2. The molecule has 98 valence electrons. The molecule has 0 radical (unpaired) electrons. The fourth-order valence-electron chi connectivity index (χ4n) is 1.76. The second-order valence-corrected chi connectivity index (χ2v) is 4.21. The lowest BCUT2D eigenvalue weighted by molar-refractivity contribution is 0.100. The molecule has 0 saturated carbocycles. The lowest BCUT2D eigenvalue weighted by atomic mass is 10.1. The predicted octanol–water partition coefficient (Wildman–Crippen LogP) is 2.56. The maximum absolute atomic E-state index is 13.5. The van der Waals surface area contributed by atoms with Gasteiger partial charge in [-0.15, -0.1) is 0 Å². The van der Waals surface area contributed by atoms with E-state index >= 15 is 0 Å². The van der Waals surface area contributed by atoms with Crippen LogP contribution in [0.5, 0.6) is 0 Å². The molecular weight excluding hydrogens is 245 g/mol. The quantitative estimate of drug-likeness (QED) is 0.741. The van der Waals surface area contributed by atoms with Gasteiger partial charge in [0.25, 0.3) is 5.91 Å². The van der Waals surface area contributed by atoms with E-state index in [9.17, 15) is 9.18 Å². The number of halogens is 1. The highest BCUT2D eigenvalue weighted by Gasteiger charge is 2.10. The van der Waals surface area contributed by atoms with Crippen LogP contribution in [0.2, 0.25) is 0 Å². The van der Waals surface area contributed by atoms with Crippen molar-refractivity contribution in [2.24, 2.45) is 5.73 Å². The molecule has 0 aliphatic carbocycles. The molecule has 0 fully saturated rings. The lowest BCUT2D eigenvalue weighted by Gasteiger charge is -2.13. The van der Waals surface area contributed by atoms with Crippen LogP contribution in [0.15, 0.2) is 36.4 Å². The third kappa shape index (κ3) is 2.65. The molecule has 2 rings (SSSR count). The van der Waals surface area contributed by atoms with Crippen LogP contribution in [0.1, 0.15) is 15.9 Å². The third-order valence-corrected chi connectivity index (χ3v) is 2.85. The molecule has 0 aliphatic heterocycles. The number of nitrogen functional groups attached to an aromatic ring is 1. The molecule has 19 heavy (non-hydrogen) atoms. The zero-order valence-corrected chi connectivity index (χ0v) is 10.4. The van der Waals surface area contributed by atoms with Gasteiger partial charge in [0.1, 0.15) is 5.82 Å². The Morgan fingerprint density at radius 3 is 2.63 bits per heavy atom. The predicted molar refractivity (Wildman–Crippen MR) is 73.8 cm³/mol. The second kappa shape index (κ2) is 4.97. The minimum atomic E-state index is -0.594. The van der Waals surface area contributed by atoms with Gasteiger partial charge in [0.2, 0.25) is 0 Å². The van der Waals surface area contributed by atoms with Crippen LogP contribution in [0.4, 0.5) is 21.5 Å². The first-order valence-corrected chi connectivity index (χ1v) is 5.70. The number of hydrogen-bond donors (Lipinski definition) is 3. The van der Waals surface area contributed by atoms with E-state index in [1.165, 1.54) is 12.1 Å².